The van der Waals surface area contributed by atoms with Gasteiger partial charge < -0.3 is 33.0 Å². The van der Waals surface area contributed by atoms with E-state index in [1.807, 2.05) is 48.5 Å². The Hall–Kier alpha value is -6.74. The molecule has 0 fully saturated rings. The molecule has 7 rings (SSSR count). The Bertz CT molecular complexity index is 2590. The van der Waals surface area contributed by atoms with Crippen LogP contribution >= 0.6 is 0 Å². The number of fused-ring (bicyclic) bond motifs is 3. The smallest absolute Gasteiger partial charge is 0.306 e. The van der Waals surface area contributed by atoms with E-state index < -0.39 is 0 Å². The largest absolute Gasteiger partial charge is 0.494 e. The summed E-state index contributed by atoms with van der Waals surface area (Å²) in [5, 5.41) is 2.23. The third-order valence-electron chi connectivity index (χ3n) is 14.0. The van der Waals surface area contributed by atoms with Crippen molar-refractivity contribution in [2.45, 2.75) is 163 Å². The summed E-state index contributed by atoms with van der Waals surface area (Å²) in [6.07, 6.45) is 18.6. The van der Waals surface area contributed by atoms with Gasteiger partial charge in [-0.3, -0.25) is 9.59 Å². The molecule has 1 heterocycles. The van der Waals surface area contributed by atoms with Crippen LogP contribution in [0.5, 0.6) is 23.0 Å². The zero-order valence-corrected chi connectivity index (χ0v) is 45.8. The number of aryl methyl sites for hydroxylation is 1. The first kappa shape index (κ1) is 57.0. The van der Waals surface area contributed by atoms with Crippen LogP contribution in [0, 0.1) is 0 Å². The van der Waals surface area contributed by atoms with E-state index in [4.69, 9.17) is 28.4 Å². The standard InChI is InChI=1S/C67H83NO8/c1-4-7-10-11-16-43-68-64-41-23-52(50-75-66(69)21-14-12-19-46-73-60-37-29-56(30-38-60)54-25-33-58(34-26-54)71-44-17-8-5-2)48-62(64)63-49-53(24-42-65(63)68)51-76-67(70)22-15-13-20-47-74-61-39-31-57(32-40-61)55-27-35-59(36-28-55)72-45-18-9-6-3/h23-42,48-49H,4-22,43-47,50-51H2,1-3H3. The highest BCUT2D eigenvalue weighted by atomic mass is 16.5. The number of unbranched alkanes of at least 4 members (excludes halogenated alkanes) is 12. The lowest BCUT2D eigenvalue weighted by atomic mass is 10.1. The molecule has 0 aliphatic rings. The van der Waals surface area contributed by atoms with Crippen molar-refractivity contribution in [1.29, 1.82) is 0 Å². The van der Waals surface area contributed by atoms with E-state index in [2.05, 4.69) is 110 Å². The molecule has 0 saturated carbocycles. The lowest BCUT2D eigenvalue weighted by Gasteiger charge is -2.09. The van der Waals surface area contributed by atoms with Crippen molar-refractivity contribution in [3.63, 3.8) is 0 Å². The summed E-state index contributed by atoms with van der Waals surface area (Å²) < 4.78 is 37.8. The number of nitrogens with zero attached hydrogens (tertiary/aromatic N) is 1. The van der Waals surface area contributed by atoms with Gasteiger partial charge in [0.05, 0.1) is 26.4 Å². The molecule has 0 N–H and O–H groups in total. The Balaban J connectivity index is 0.813. The molecule has 404 valence electrons. The fraction of sp³-hybridized carbons (Fsp3) is 0.433. The molecule has 0 amide bonds. The molecule has 0 bridgehead atoms. The Labute approximate surface area is 453 Å². The summed E-state index contributed by atoms with van der Waals surface area (Å²) in [4.78, 5) is 25.8. The van der Waals surface area contributed by atoms with Crippen molar-refractivity contribution in [2.24, 2.45) is 0 Å². The fourth-order valence-corrected chi connectivity index (χ4v) is 9.50. The Morgan fingerprint density at radius 2 is 0.671 bits per heavy atom. The van der Waals surface area contributed by atoms with Gasteiger partial charge in [0.1, 0.15) is 36.2 Å². The van der Waals surface area contributed by atoms with Crippen LogP contribution < -0.4 is 18.9 Å². The zero-order chi connectivity index (χ0) is 53.0. The molecule has 76 heavy (non-hydrogen) atoms. The minimum Gasteiger partial charge on any atom is -0.494 e. The van der Waals surface area contributed by atoms with E-state index in [0.29, 0.717) is 26.1 Å². The highest BCUT2D eigenvalue weighted by molar-refractivity contribution is 6.08. The van der Waals surface area contributed by atoms with E-state index in [-0.39, 0.29) is 25.2 Å². The number of carbonyl (C=O) groups is 2. The SMILES string of the molecule is CCCCCCCn1c2ccc(COC(=O)CCCCCOc3ccc(-c4ccc(OCCCCC)cc4)cc3)cc2c2cc(COC(=O)CCCCCOc3ccc(-c4ccc(OCCCCC)cc4)cc3)ccc21. The van der Waals surface area contributed by atoms with Gasteiger partial charge in [-0.1, -0.05) is 133 Å². The van der Waals surface area contributed by atoms with E-state index in [1.165, 1.54) is 51.4 Å². The molecule has 7 aromatic rings. The molecule has 0 radical (unpaired) electrons. The minimum absolute atomic E-state index is 0.192. The van der Waals surface area contributed by atoms with E-state index >= 15 is 0 Å². The highest BCUT2D eigenvalue weighted by Gasteiger charge is 2.15. The number of rotatable bonds is 36. The number of benzene rings is 6. The molecular weight excluding hydrogens is 947 g/mol. The van der Waals surface area contributed by atoms with E-state index in [0.717, 1.165) is 156 Å². The quantitative estimate of drug-likeness (QED) is 0.0283. The van der Waals surface area contributed by atoms with Gasteiger partial charge in [0.15, 0.2) is 0 Å². The van der Waals surface area contributed by atoms with Gasteiger partial charge in [-0.05, 0) is 164 Å². The monoisotopic (exact) mass is 1030 g/mol. The van der Waals surface area contributed by atoms with Crippen molar-refractivity contribution in [3.8, 4) is 45.3 Å². The first-order chi connectivity index (χ1) is 37.4. The van der Waals surface area contributed by atoms with Gasteiger partial charge in [-0.15, -0.1) is 0 Å². The average Bonchev–Trinajstić information content (AvgIpc) is 3.76. The lowest BCUT2D eigenvalue weighted by molar-refractivity contribution is -0.146. The first-order valence-electron chi connectivity index (χ1n) is 28.7. The summed E-state index contributed by atoms with van der Waals surface area (Å²) in [7, 11) is 0. The van der Waals surface area contributed by atoms with E-state index in [9.17, 15) is 9.59 Å². The second kappa shape index (κ2) is 32.0. The predicted octanol–water partition coefficient (Wildman–Crippen LogP) is 17.6. The molecule has 0 aliphatic carbocycles. The fourth-order valence-electron chi connectivity index (χ4n) is 9.50. The summed E-state index contributed by atoms with van der Waals surface area (Å²) in [5.41, 5.74) is 8.77. The second-order valence-corrected chi connectivity index (χ2v) is 20.1. The van der Waals surface area contributed by atoms with Gasteiger partial charge >= 0.3 is 11.9 Å². The Kier molecular flexibility index (Phi) is 24.0. The van der Waals surface area contributed by atoms with Crippen LogP contribution in [0.4, 0.5) is 0 Å². The molecule has 0 saturated heterocycles. The van der Waals surface area contributed by atoms with Crippen molar-refractivity contribution < 1.29 is 38.0 Å². The van der Waals surface area contributed by atoms with Gasteiger partial charge in [-0.25, -0.2) is 0 Å². The summed E-state index contributed by atoms with van der Waals surface area (Å²) in [6, 6.07) is 45.7. The molecule has 0 unspecified atom stereocenters. The highest BCUT2D eigenvalue weighted by Crippen LogP contribution is 2.33. The van der Waals surface area contributed by atoms with E-state index in [1.54, 1.807) is 0 Å². The summed E-state index contributed by atoms with van der Waals surface area (Å²) in [5.74, 6) is 3.11. The molecule has 0 atom stereocenters. The minimum atomic E-state index is -0.192. The number of aromatic nitrogens is 1. The van der Waals surface area contributed by atoms with Gasteiger partial charge in [0.25, 0.3) is 0 Å². The number of esters is 2. The molecule has 0 spiro atoms. The third kappa shape index (κ3) is 18.5. The number of carbonyl (C=O) groups excluding carboxylic acids is 2. The van der Waals surface area contributed by atoms with Crippen LogP contribution in [-0.4, -0.2) is 42.9 Å². The number of hydrogen-bond acceptors (Lipinski definition) is 8. The maximum absolute atomic E-state index is 12.9. The normalized spacial score (nSPS) is 11.2. The van der Waals surface area contributed by atoms with Crippen molar-refractivity contribution in [3.05, 3.63) is 145 Å². The van der Waals surface area contributed by atoms with Crippen LogP contribution in [0.2, 0.25) is 0 Å². The van der Waals surface area contributed by atoms with Gasteiger partial charge in [0, 0.05) is 41.2 Å². The molecule has 9 nitrogen and oxygen atoms in total. The van der Waals surface area contributed by atoms with Crippen LogP contribution in [0.15, 0.2) is 133 Å². The zero-order valence-electron chi connectivity index (χ0n) is 45.8. The van der Waals surface area contributed by atoms with Crippen LogP contribution in [0.1, 0.15) is 154 Å². The van der Waals surface area contributed by atoms with Crippen LogP contribution in [0.3, 0.4) is 0 Å². The average molecular weight is 1030 g/mol. The van der Waals surface area contributed by atoms with Gasteiger partial charge in [-0.2, -0.15) is 0 Å². The summed E-state index contributed by atoms with van der Waals surface area (Å²) >= 11 is 0. The van der Waals surface area contributed by atoms with Crippen molar-refractivity contribution >= 4 is 33.7 Å². The number of hydrogen-bond donors (Lipinski definition) is 0. The Morgan fingerprint density at radius 3 is 1.03 bits per heavy atom. The molecule has 6 aromatic carbocycles. The molecule has 1 aromatic heterocycles. The second-order valence-electron chi connectivity index (χ2n) is 20.1. The topological polar surface area (TPSA) is 94.5 Å². The van der Waals surface area contributed by atoms with Gasteiger partial charge in [0.2, 0.25) is 0 Å². The van der Waals surface area contributed by atoms with Crippen LogP contribution in [0.25, 0.3) is 44.1 Å². The van der Waals surface area contributed by atoms with Crippen molar-refractivity contribution in [1.82, 2.24) is 4.57 Å². The Morgan fingerprint density at radius 1 is 0.355 bits per heavy atom. The molecule has 9 heteroatoms. The van der Waals surface area contributed by atoms with Crippen LogP contribution in [-0.2, 0) is 38.8 Å². The molecule has 0 aliphatic heterocycles. The maximum atomic E-state index is 12.9. The summed E-state index contributed by atoms with van der Waals surface area (Å²) in [6.45, 7) is 10.7. The first-order valence-corrected chi connectivity index (χ1v) is 28.7. The third-order valence-corrected chi connectivity index (χ3v) is 14.0. The van der Waals surface area contributed by atoms with Crippen molar-refractivity contribution in [2.75, 3.05) is 26.4 Å². The maximum Gasteiger partial charge on any atom is 0.306 e. The number of ether oxygens (including phenoxy) is 6. The molecular formula is C67H83NO8. The predicted molar refractivity (Wildman–Crippen MR) is 310 cm³/mol. The lowest BCUT2D eigenvalue weighted by Crippen LogP contribution is -2.05.